The lowest BCUT2D eigenvalue weighted by Crippen LogP contribution is -2.39. The maximum atomic E-state index is 11.0. The fourth-order valence-electron chi connectivity index (χ4n) is 2.29. The first-order valence-electron chi connectivity index (χ1n) is 5.97. The average Bonchev–Trinajstić information content (AvgIpc) is 2.35. The van der Waals surface area contributed by atoms with Gasteiger partial charge >= 0.3 is 5.97 Å². The summed E-state index contributed by atoms with van der Waals surface area (Å²) in [6.45, 7) is 0.772. The molecule has 1 fully saturated rings. The minimum absolute atomic E-state index is 0.133. The highest BCUT2D eigenvalue weighted by atomic mass is 16.5. The van der Waals surface area contributed by atoms with Crippen LogP contribution in [0.3, 0.4) is 0 Å². The van der Waals surface area contributed by atoms with Crippen LogP contribution in [0.15, 0.2) is 0 Å². The van der Waals surface area contributed by atoms with Crippen molar-refractivity contribution in [2.24, 2.45) is 0 Å². The molecule has 94 valence electrons. The van der Waals surface area contributed by atoms with Crippen LogP contribution in [0.25, 0.3) is 0 Å². The Balaban J connectivity index is 2.29. The van der Waals surface area contributed by atoms with E-state index in [1.165, 1.54) is 20.0 Å². The minimum atomic E-state index is -0.133. The molecule has 0 radical (unpaired) electrons. The molecule has 0 amide bonds. The smallest absolute Gasteiger partial charge is 0.306 e. The number of rotatable bonds is 5. The molecule has 2 atom stereocenters. The molecule has 0 spiro atoms. The van der Waals surface area contributed by atoms with Crippen LogP contribution < -0.4 is 0 Å². The Bertz CT molecular complexity index is 220. The van der Waals surface area contributed by atoms with Crippen molar-refractivity contribution in [2.45, 2.75) is 44.2 Å². The summed E-state index contributed by atoms with van der Waals surface area (Å²) in [7, 11) is 5.29. The van der Waals surface area contributed by atoms with Crippen molar-refractivity contribution in [1.29, 1.82) is 0 Å². The zero-order valence-corrected chi connectivity index (χ0v) is 10.6. The number of hydrogen-bond acceptors (Lipinski definition) is 4. The van der Waals surface area contributed by atoms with Gasteiger partial charge < -0.3 is 14.4 Å². The van der Waals surface area contributed by atoms with Gasteiger partial charge in [0.15, 0.2) is 0 Å². The summed E-state index contributed by atoms with van der Waals surface area (Å²) in [4.78, 5) is 13.3. The Hall–Kier alpha value is -0.610. The second-order valence-electron chi connectivity index (χ2n) is 4.48. The molecule has 2 unspecified atom stereocenters. The molecular weight excluding hydrogens is 206 g/mol. The third-order valence-corrected chi connectivity index (χ3v) is 3.45. The van der Waals surface area contributed by atoms with E-state index in [4.69, 9.17) is 4.74 Å². The normalized spacial score (nSPS) is 25.8. The van der Waals surface area contributed by atoms with E-state index in [1.54, 1.807) is 7.11 Å². The summed E-state index contributed by atoms with van der Waals surface area (Å²) >= 11 is 0. The van der Waals surface area contributed by atoms with Gasteiger partial charge in [-0.05, 0) is 32.7 Å². The Kier molecular flexibility index (Phi) is 5.77. The van der Waals surface area contributed by atoms with E-state index in [0.717, 1.165) is 19.4 Å². The molecule has 0 N–H and O–H groups in total. The second-order valence-corrected chi connectivity index (χ2v) is 4.48. The first-order chi connectivity index (χ1) is 7.67. The second kappa shape index (κ2) is 6.86. The fourth-order valence-corrected chi connectivity index (χ4v) is 2.29. The molecule has 1 saturated carbocycles. The van der Waals surface area contributed by atoms with Gasteiger partial charge in [0, 0.05) is 19.7 Å². The average molecular weight is 229 g/mol. The molecule has 1 rings (SSSR count). The highest BCUT2D eigenvalue weighted by molar-refractivity contribution is 5.69. The largest absolute Gasteiger partial charge is 0.469 e. The van der Waals surface area contributed by atoms with Gasteiger partial charge in [-0.25, -0.2) is 0 Å². The number of esters is 1. The number of methoxy groups -OCH3 is 2. The Morgan fingerprint density at radius 3 is 2.75 bits per heavy atom. The molecule has 0 bridgehead atoms. The van der Waals surface area contributed by atoms with Gasteiger partial charge in [0.25, 0.3) is 0 Å². The van der Waals surface area contributed by atoms with Crippen LogP contribution in [-0.2, 0) is 14.3 Å². The molecule has 1 aliphatic carbocycles. The van der Waals surface area contributed by atoms with Crippen LogP contribution in [0.1, 0.15) is 32.1 Å². The fraction of sp³-hybridized carbons (Fsp3) is 0.917. The molecule has 0 aromatic carbocycles. The number of hydrogen-bond donors (Lipinski definition) is 0. The van der Waals surface area contributed by atoms with E-state index in [-0.39, 0.29) is 5.97 Å². The van der Waals surface area contributed by atoms with Gasteiger partial charge in [-0.15, -0.1) is 0 Å². The van der Waals surface area contributed by atoms with Gasteiger partial charge in [-0.2, -0.15) is 0 Å². The van der Waals surface area contributed by atoms with E-state index in [2.05, 4.69) is 16.7 Å². The molecule has 16 heavy (non-hydrogen) atoms. The highest BCUT2D eigenvalue weighted by Gasteiger charge is 2.24. The standard InChI is InChI=1S/C12H23NO3/c1-13(8-7-12(14)16-3)10-5-4-6-11(9-10)15-2/h10-11H,4-9H2,1-3H3. The monoisotopic (exact) mass is 229 g/mol. The number of carbonyl (C=O) groups excluding carboxylic acids is 1. The summed E-state index contributed by atoms with van der Waals surface area (Å²) in [5, 5.41) is 0. The Morgan fingerprint density at radius 2 is 2.12 bits per heavy atom. The van der Waals surface area contributed by atoms with Gasteiger partial charge in [0.2, 0.25) is 0 Å². The van der Waals surface area contributed by atoms with Crippen LogP contribution >= 0.6 is 0 Å². The summed E-state index contributed by atoms with van der Waals surface area (Å²) in [6, 6.07) is 0.545. The first-order valence-corrected chi connectivity index (χ1v) is 5.97. The van der Waals surface area contributed by atoms with Crippen LogP contribution in [0.2, 0.25) is 0 Å². The first kappa shape index (κ1) is 13.5. The van der Waals surface area contributed by atoms with Crippen molar-refractivity contribution in [1.82, 2.24) is 4.90 Å². The molecular formula is C12H23NO3. The third-order valence-electron chi connectivity index (χ3n) is 3.45. The maximum absolute atomic E-state index is 11.0. The Morgan fingerprint density at radius 1 is 1.38 bits per heavy atom. The molecule has 0 aliphatic heterocycles. The van der Waals surface area contributed by atoms with Gasteiger partial charge in [0.1, 0.15) is 0 Å². The zero-order chi connectivity index (χ0) is 12.0. The lowest BCUT2D eigenvalue weighted by Gasteiger charge is -2.34. The van der Waals surface area contributed by atoms with Crippen molar-refractivity contribution in [3.63, 3.8) is 0 Å². The third kappa shape index (κ3) is 4.10. The van der Waals surface area contributed by atoms with Crippen molar-refractivity contribution in [2.75, 3.05) is 27.8 Å². The number of nitrogens with zero attached hydrogens (tertiary/aromatic N) is 1. The molecule has 4 nitrogen and oxygen atoms in total. The number of carbonyl (C=O) groups is 1. The maximum Gasteiger partial charge on any atom is 0.306 e. The van der Waals surface area contributed by atoms with Gasteiger partial charge in [0.05, 0.1) is 19.6 Å². The topological polar surface area (TPSA) is 38.8 Å². The van der Waals surface area contributed by atoms with Crippen LogP contribution in [-0.4, -0.2) is 50.8 Å². The summed E-state index contributed by atoms with van der Waals surface area (Å²) < 4.78 is 10.0. The van der Waals surface area contributed by atoms with Crippen molar-refractivity contribution in [3.8, 4) is 0 Å². The minimum Gasteiger partial charge on any atom is -0.469 e. The van der Waals surface area contributed by atoms with Crippen molar-refractivity contribution < 1.29 is 14.3 Å². The molecule has 0 aromatic rings. The predicted molar refractivity (Wildman–Crippen MR) is 62.3 cm³/mol. The van der Waals surface area contributed by atoms with Gasteiger partial charge in [-0.3, -0.25) is 4.79 Å². The summed E-state index contributed by atoms with van der Waals surface area (Å²) in [5.74, 6) is -0.133. The molecule has 0 aromatic heterocycles. The molecule has 0 heterocycles. The Labute approximate surface area is 97.9 Å². The molecule has 1 aliphatic rings. The summed E-state index contributed by atoms with van der Waals surface area (Å²) in [5.41, 5.74) is 0. The SMILES string of the molecule is COC(=O)CCN(C)C1CCCC(OC)C1. The van der Waals surface area contributed by atoms with E-state index in [0.29, 0.717) is 18.6 Å². The zero-order valence-electron chi connectivity index (χ0n) is 10.6. The van der Waals surface area contributed by atoms with Crippen LogP contribution in [0, 0.1) is 0 Å². The quantitative estimate of drug-likeness (QED) is 0.669. The summed E-state index contributed by atoms with van der Waals surface area (Å²) in [6.07, 6.45) is 5.52. The van der Waals surface area contributed by atoms with E-state index in [9.17, 15) is 4.79 Å². The van der Waals surface area contributed by atoms with Crippen LogP contribution in [0.5, 0.6) is 0 Å². The lowest BCUT2D eigenvalue weighted by atomic mass is 9.92. The van der Waals surface area contributed by atoms with Gasteiger partial charge in [-0.1, -0.05) is 0 Å². The highest BCUT2D eigenvalue weighted by Crippen LogP contribution is 2.24. The molecule has 0 saturated heterocycles. The van der Waals surface area contributed by atoms with E-state index < -0.39 is 0 Å². The molecule has 4 heteroatoms. The van der Waals surface area contributed by atoms with Crippen molar-refractivity contribution >= 4 is 5.97 Å². The van der Waals surface area contributed by atoms with E-state index in [1.807, 2.05) is 0 Å². The number of ether oxygens (including phenoxy) is 2. The van der Waals surface area contributed by atoms with Crippen molar-refractivity contribution in [3.05, 3.63) is 0 Å². The predicted octanol–water partition coefficient (Wildman–Crippen LogP) is 1.44. The van der Waals surface area contributed by atoms with E-state index >= 15 is 0 Å². The van der Waals surface area contributed by atoms with Crippen LogP contribution in [0.4, 0.5) is 0 Å². The lowest BCUT2D eigenvalue weighted by molar-refractivity contribution is -0.141.